The van der Waals surface area contributed by atoms with Gasteiger partial charge in [-0.15, -0.1) is 0 Å². The Labute approximate surface area is 146 Å². The van der Waals surface area contributed by atoms with Crippen molar-refractivity contribution in [1.29, 1.82) is 0 Å². The lowest BCUT2D eigenvalue weighted by molar-refractivity contribution is -0.150. The van der Waals surface area contributed by atoms with Crippen LogP contribution in [0.4, 0.5) is 0 Å². The number of hydrogen-bond acceptors (Lipinski definition) is 3. The normalized spacial score (nSPS) is 13.0. The zero-order chi connectivity index (χ0) is 18.7. The average Bonchev–Trinajstić information content (AvgIpc) is 2.46. The van der Waals surface area contributed by atoms with Crippen molar-refractivity contribution in [2.45, 2.75) is 68.4 Å². The van der Waals surface area contributed by atoms with E-state index in [1.54, 1.807) is 0 Å². The van der Waals surface area contributed by atoms with Gasteiger partial charge >= 0.3 is 5.97 Å². The number of carbonyl (C=O) groups is 2. The highest BCUT2D eigenvalue weighted by molar-refractivity contribution is 5.86. The van der Waals surface area contributed by atoms with Crippen molar-refractivity contribution in [3.8, 4) is 0 Å². The van der Waals surface area contributed by atoms with E-state index in [9.17, 15) is 9.59 Å². The molecule has 0 heterocycles. The summed E-state index contributed by atoms with van der Waals surface area (Å²) in [4.78, 5) is 24.3. The van der Waals surface area contributed by atoms with Crippen LogP contribution in [0.3, 0.4) is 0 Å². The third kappa shape index (κ3) is 5.47. The van der Waals surface area contributed by atoms with Crippen molar-refractivity contribution < 1.29 is 14.3 Å². The molecule has 24 heavy (non-hydrogen) atoms. The molecule has 1 unspecified atom stereocenters. The Morgan fingerprint density at radius 1 is 1.04 bits per heavy atom. The van der Waals surface area contributed by atoms with Crippen LogP contribution in [0.25, 0.3) is 0 Å². The minimum atomic E-state index is -0.333. The Morgan fingerprint density at radius 2 is 1.54 bits per heavy atom. The predicted octanol–water partition coefficient (Wildman–Crippen LogP) is 4.80. The van der Waals surface area contributed by atoms with Crippen LogP contribution in [0.5, 0.6) is 0 Å². The van der Waals surface area contributed by atoms with Crippen LogP contribution in [0.15, 0.2) is 12.1 Å². The molecule has 1 aromatic carbocycles. The molecule has 0 radical (unpaired) electrons. The van der Waals surface area contributed by atoms with Crippen molar-refractivity contribution in [2.24, 2.45) is 17.3 Å². The summed E-state index contributed by atoms with van der Waals surface area (Å²) in [5.74, 6) is 0.244. The molecule has 134 valence electrons. The summed E-state index contributed by atoms with van der Waals surface area (Å²) < 4.78 is 5.43. The van der Waals surface area contributed by atoms with Crippen LogP contribution in [0.1, 0.15) is 63.8 Å². The van der Waals surface area contributed by atoms with E-state index in [2.05, 4.69) is 0 Å². The molecule has 0 N–H and O–H groups in total. The lowest BCUT2D eigenvalue weighted by Crippen LogP contribution is -2.23. The van der Waals surface area contributed by atoms with Crippen LogP contribution in [0, 0.1) is 31.1 Å². The minimum Gasteiger partial charge on any atom is -0.461 e. The van der Waals surface area contributed by atoms with Gasteiger partial charge in [-0.3, -0.25) is 9.59 Å². The Bertz CT molecular complexity index is 583. The molecule has 3 heteroatoms. The van der Waals surface area contributed by atoms with E-state index in [0.717, 1.165) is 22.3 Å². The summed E-state index contributed by atoms with van der Waals surface area (Å²) in [6.07, 6.45) is 0.450. The summed E-state index contributed by atoms with van der Waals surface area (Å²) in [7, 11) is 0. The molecule has 0 bridgehead atoms. The fourth-order valence-corrected chi connectivity index (χ4v) is 2.43. The first-order chi connectivity index (χ1) is 10.9. The first kappa shape index (κ1) is 20.4. The maximum absolute atomic E-state index is 12.3. The van der Waals surface area contributed by atoms with Gasteiger partial charge in [-0.1, -0.05) is 53.7 Å². The molecule has 0 aliphatic heterocycles. The number of rotatable bonds is 6. The predicted molar refractivity (Wildman–Crippen MR) is 97.9 cm³/mol. The third-order valence-corrected chi connectivity index (χ3v) is 4.68. The van der Waals surface area contributed by atoms with Crippen molar-refractivity contribution in [1.82, 2.24) is 0 Å². The molecule has 0 aromatic heterocycles. The second-order valence-corrected chi connectivity index (χ2v) is 8.20. The monoisotopic (exact) mass is 332 g/mol. The minimum absolute atomic E-state index is 0.101. The number of ether oxygens (including phenoxy) is 1. The van der Waals surface area contributed by atoms with Crippen molar-refractivity contribution in [3.05, 3.63) is 34.4 Å². The van der Waals surface area contributed by atoms with Crippen LogP contribution < -0.4 is 0 Å². The third-order valence-electron chi connectivity index (χ3n) is 4.68. The molecule has 0 saturated carbocycles. The molecular formula is C21H32O3. The summed E-state index contributed by atoms with van der Waals surface area (Å²) >= 11 is 0. The van der Waals surface area contributed by atoms with Gasteiger partial charge in [0.05, 0.1) is 5.92 Å². The summed E-state index contributed by atoms with van der Waals surface area (Å²) in [5.41, 5.74) is 3.88. The highest BCUT2D eigenvalue weighted by Crippen LogP contribution is 2.23. The van der Waals surface area contributed by atoms with Gasteiger partial charge in [0.2, 0.25) is 0 Å². The zero-order valence-electron chi connectivity index (χ0n) is 16.4. The van der Waals surface area contributed by atoms with E-state index < -0.39 is 0 Å². The van der Waals surface area contributed by atoms with E-state index in [4.69, 9.17) is 4.74 Å². The molecule has 1 atom stereocenters. The van der Waals surface area contributed by atoms with Gasteiger partial charge in [0.15, 0.2) is 0 Å². The number of aryl methyl sites for hydroxylation is 2. The lowest BCUT2D eigenvalue weighted by Gasteiger charge is -2.19. The molecule has 0 amide bonds. The number of Topliss-reactive ketones (excluding diaryl/α,β-unsaturated/α-hetero) is 1. The summed E-state index contributed by atoms with van der Waals surface area (Å²) in [5, 5.41) is 0. The maximum Gasteiger partial charge on any atom is 0.309 e. The molecule has 1 aromatic rings. The Balaban J connectivity index is 2.85. The van der Waals surface area contributed by atoms with Gasteiger partial charge in [-0.25, -0.2) is 0 Å². The van der Waals surface area contributed by atoms with E-state index in [1.165, 1.54) is 0 Å². The second kappa shape index (κ2) is 7.96. The molecule has 0 fully saturated rings. The van der Waals surface area contributed by atoms with Crippen molar-refractivity contribution in [2.75, 3.05) is 0 Å². The van der Waals surface area contributed by atoms with Gasteiger partial charge in [0, 0.05) is 11.8 Å². The number of ketones is 1. The zero-order valence-corrected chi connectivity index (χ0v) is 16.4. The Kier molecular flexibility index (Phi) is 6.76. The number of esters is 1. The molecule has 1 rings (SSSR count). The second-order valence-electron chi connectivity index (χ2n) is 8.20. The standard InChI is InChI=1S/C21H32O3/c1-13(2)16(5)20(23)24-12-17-9-14(3)18(15(4)10-17)11-19(22)21(6,7)8/h9-10,13,16H,11-12H2,1-8H3. The lowest BCUT2D eigenvalue weighted by atomic mass is 9.85. The van der Waals surface area contributed by atoms with Crippen molar-refractivity contribution in [3.63, 3.8) is 0 Å². The number of hydrogen-bond donors (Lipinski definition) is 0. The van der Waals surface area contributed by atoms with E-state index in [-0.39, 0.29) is 35.6 Å². The Hall–Kier alpha value is -1.64. The topological polar surface area (TPSA) is 43.4 Å². The van der Waals surface area contributed by atoms with Crippen LogP contribution in [0.2, 0.25) is 0 Å². The SMILES string of the molecule is Cc1cc(COC(=O)C(C)C(C)C)cc(C)c1CC(=O)C(C)(C)C. The van der Waals surface area contributed by atoms with Gasteiger partial charge < -0.3 is 4.74 Å². The van der Waals surface area contributed by atoms with E-state index in [0.29, 0.717) is 6.42 Å². The molecule has 0 spiro atoms. The fraction of sp³-hybridized carbons (Fsp3) is 0.619. The van der Waals surface area contributed by atoms with Gasteiger partial charge in [0.25, 0.3) is 0 Å². The molecular weight excluding hydrogens is 300 g/mol. The molecule has 0 aliphatic rings. The molecule has 3 nitrogen and oxygen atoms in total. The van der Waals surface area contributed by atoms with Crippen molar-refractivity contribution >= 4 is 11.8 Å². The van der Waals surface area contributed by atoms with Crippen LogP contribution >= 0.6 is 0 Å². The highest BCUT2D eigenvalue weighted by Gasteiger charge is 2.23. The van der Waals surface area contributed by atoms with Gasteiger partial charge in [-0.2, -0.15) is 0 Å². The molecule has 0 saturated heterocycles. The van der Waals surface area contributed by atoms with Crippen LogP contribution in [-0.4, -0.2) is 11.8 Å². The number of carbonyl (C=O) groups excluding carboxylic acids is 2. The number of benzene rings is 1. The van der Waals surface area contributed by atoms with E-state index in [1.807, 2.05) is 67.5 Å². The first-order valence-electron chi connectivity index (χ1n) is 8.72. The maximum atomic E-state index is 12.3. The van der Waals surface area contributed by atoms with Gasteiger partial charge in [0.1, 0.15) is 12.4 Å². The first-order valence-corrected chi connectivity index (χ1v) is 8.72. The quantitative estimate of drug-likeness (QED) is 0.703. The van der Waals surface area contributed by atoms with Crippen LogP contribution in [-0.2, 0) is 27.4 Å². The fourth-order valence-electron chi connectivity index (χ4n) is 2.43. The average molecular weight is 332 g/mol. The highest BCUT2D eigenvalue weighted by atomic mass is 16.5. The Morgan fingerprint density at radius 3 is 1.96 bits per heavy atom. The smallest absolute Gasteiger partial charge is 0.309 e. The van der Waals surface area contributed by atoms with E-state index >= 15 is 0 Å². The van der Waals surface area contributed by atoms with Gasteiger partial charge in [-0.05, 0) is 42.0 Å². The summed E-state index contributed by atoms with van der Waals surface area (Å²) in [6.45, 7) is 16.1. The molecule has 0 aliphatic carbocycles. The summed E-state index contributed by atoms with van der Waals surface area (Å²) in [6, 6.07) is 4.04. The largest absolute Gasteiger partial charge is 0.461 e.